The predicted molar refractivity (Wildman–Crippen MR) is 110 cm³/mol. The number of hydrogen-bond donors (Lipinski definition) is 0. The Bertz CT molecular complexity index is 1050. The third-order valence-electron chi connectivity index (χ3n) is 4.63. The number of hydrogen-bond acceptors (Lipinski definition) is 4. The molecule has 0 N–H and O–H groups in total. The number of nitrogens with zero attached hydrogens (tertiary/aromatic N) is 3. The van der Waals surface area contributed by atoms with Crippen LogP contribution < -0.4 is 9.47 Å². The summed E-state index contributed by atoms with van der Waals surface area (Å²) < 4.78 is 13.4. The van der Waals surface area contributed by atoms with Crippen molar-refractivity contribution in [2.45, 2.75) is 26.9 Å². The Kier molecular flexibility index (Phi) is 5.24. The van der Waals surface area contributed by atoms with E-state index < -0.39 is 0 Å². The molecule has 0 radical (unpaired) electrons. The van der Waals surface area contributed by atoms with Crippen LogP contribution in [-0.4, -0.2) is 21.1 Å². The van der Waals surface area contributed by atoms with Gasteiger partial charge in [0.05, 0.1) is 12.8 Å². The lowest BCUT2D eigenvalue weighted by Crippen LogP contribution is -1.98. The van der Waals surface area contributed by atoms with Crippen molar-refractivity contribution in [2.24, 2.45) is 0 Å². The third-order valence-corrected chi connectivity index (χ3v) is 4.63. The lowest BCUT2D eigenvalue weighted by molar-refractivity contribution is 0.305. The van der Waals surface area contributed by atoms with Gasteiger partial charge in [0, 0.05) is 11.8 Å². The second kappa shape index (κ2) is 8.13. The topological polar surface area (TPSA) is 49.2 Å². The number of imidazole rings is 1. The molecule has 2 heterocycles. The van der Waals surface area contributed by atoms with Crippen molar-refractivity contribution in [3.05, 3.63) is 78.2 Å². The summed E-state index contributed by atoms with van der Waals surface area (Å²) >= 11 is 0. The number of fused-ring (bicyclic) bond motifs is 1. The van der Waals surface area contributed by atoms with Gasteiger partial charge >= 0.3 is 0 Å². The monoisotopic (exact) mass is 373 g/mol. The minimum atomic E-state index is 0.511. The molecule has 0 spiro atoms. The minimum absolute atomic E-state index is 0.511. The third kappa shape index (κ3) is 3.83. The van der Waals surface area contributed by atoms with E-state index in [4.69, 9.17) is 9.47 Å². The summed E-state index contributed by atoms with van der Waals surface area (Å²) in [6.07, 6.45) is 4.56. The van der Waals surface area contributed by atoms with Gasteiger partial charge in [-0.05, 0) is 48.7 Å². The number of aromatic nitrogens is 3. The van der Waals surface area contributed by atoms with Crippen LogP contribution in [0.25, 0.3) is 16.9 Å². The first-order valence-corrected chi connectivity index (χ1v) is 9.53. The average molecular weight is 373 g/mol. The molecule has 4 aromatic rings. The summed E-state index contributed by atoms with van der Waals surface area (Å²) in [5.74, 6) is 1.57. The van der Waals surface area contributed by atoms with Crippen LogP contribution in [0.15, 0.2) is 67.1 Å². The van der Waals surface area contributed by atoms with Crippen LogP contribution in [0, 0.1) is 0 Å². The molecule has 0 unspecified atom stereocenters. The van der Waals surface area contributed by atoms with E-state index in [1.165, 1.54) is 5.56 Å². The molecule has 0 aliphatic rings. The first kappa shape index (κ1) is 18.0. The molecule has 4 rings (SSSR count). The van der Waals surface area contributed by atoms with E-state index in [1.807, 2.05) is 41.8 Å². The molecule has 0 aliphatic heterocycles. The van der Waals surface area contributed by atoms with Gasteiger partial charge in [0.2, 0.25) is 0 Å². The number of benzene rings is 2. The maximum atomic E-state index is 5.90. The molecule has 0 saturated heterocycles. The average Bonchev–Trinajstić information content (AvgIpc) is 3.17. The molecule has 0 bridgehead atoms. The highest BCUT2D eigenvalue weighted by atomic mass is 16.5. The molecule has 2 aromatic carbocycles. The van der Waals surface area contributed by atoms with Crippen molar-refractivity contribution < 1.29 is 9.47 Å². The fraction of sp³-hybridized carbons (Fsp3) is 0.217. The Labute approximate surface area is 164 Å². The fourth-order valence-electron chi connectivity index (χ4n) is 3.06. The zero-order chi connectivity index (χ0) is 19.3. The van der Waals surface area contributed by atoms with Crippen LogP contribution in [-0.2, 0) is 13.0 Å². The van der Waals surface area contributed by atoms with Gasteiger partial charge in [-0.2, -0.15) is 0 Å². The number of rotatable bonds is 7. The molecule has 5 nitrogen and oxygen atoms in total. The highest BCUT2D eigenvalue weighted by Gasteiger charge is 2.08. The zero-order valence-corrected chi connectivity index (χ0v) is 16.1. The van der Waals surface area contributed by atoms with Gasteiger partial charge in [-0.25, -0.2) is 9.97 Å². The van der Waals surface area contributed by atoms with Crippen LogP contribution in [0.2, 0.25) is 0 Å². The molecular formula is C23H23N3O2. The molecule has 28 heavy (non-hydrogen) atoms. The number of aryl methyl sites for hydroxylation is 1. The quantitative estimate of drug-likeness (QED) is 0.459. The molecule has 5 heteroatoms. The Balaban J connectivity index is 1.50. The highest BCUT2D eigenvalue weighted by molar-refractivity contribution is 5.74. The maximum absolute atomic E-state index is 5.90. The van der Waals surface area contributed by atoms with Crippen molar-refractivity contribution in [3.8, 4) is 17.2 Å². The Hall–Kier alpha value is -3.34. The van der Waals surface area contributed by atoms with Crippen LogP contribution in [0.1, 0.15) is 25.0 Å². The molecule has 0 atom stereocenters. The van der Waals surface area contributed by atoms with Gasteiger partial charge in [0.1, 0.15) is 29.9 Å². The minimum Gasteiger partial charge on any atom is -0.494 e. The van der Waals surface area contributed by atoms with Gasteiger partial charge in [-0.3, -0.25) is 4.57 Å². The summed E-state index contributed by atoms with van der Waals surface area (Å²) in [6.45, 7) is 5.29. The van der Waals surface area contributed by atoms with Crippen LogP contribution >= 0.6 is 0 Å². The zero-order valence-electron chi connectivity index (χ0n) is 16.1. The van der Waals surface area contributed by atoms with E-state index in [0.717, 1.165) is 34.6 Å². The van der Waals surface area contributed by atoms with E-state index in [9.17, 15) is 0 Å². The van der Waals surface area contributed by atoms with Gasteiger partial charge in [-0.15, -0.1) is 0 Å². The second-order valence-corrected chi connectivity index (χ2v) is 6.51. The number of ether oxygens (including phenoxy) is 2. The van der Waals surface area contributed by atoms with Crippen molar-refractivity contribution >= 4 is 11.2 Å². The summed E-state index contributed by atoms with van der Waals surface area (Å²) in [6, 6.07) is 18.3. The molecule has 142 valence electrons. The van der Waals surface area contributed by atoms with Crippen molar-refractivity contribution in [1.29, 1.82) is 0 Å². The Morgan fingerprint density at radius 3 is 2.29 bits per heavy atom. The van der Waals surface area contributed by atoms with Crippen molar-refractivity contribution in [2.75, 3.05) is 6.61 Å². The lowest BCUT2D eigenvalue weighted by atomic mass is 10.1. The van der Waals surface area contributed by atoms with Gasteiger partial charge in [0.15, 0.2) is 5.65 Å². The van der Waals surface area contributed by atoms with Crippen LogP contribution in [0.4, 0.5) is 0 Å². The smallest absolute Gasteiger partial charge is 0.164 e. The van der Waals surface area contributed by atoms with Gasteiger partial charge < -0.3 is 9.47 Å². The van der Waals surface area contributed by atoms with E-state index in [-0.39, 0.29) is 0 Å². The summed E-state index contributed by atoms with van der Waals surface area (Å²) in [5, 5.41) is 0. The fourth-order valence-corrected chi connectivity index (χ4v) is 3.06. The molecule has 0 fully saturated rings. The highest BCUT2D eigenvalue weighted by Crippen LogP contribution is 2.22. The molecule has 0 amide bonds. The Morgan fingerprint density at radius 1 is 0.821 bits per heavy atom. The molecule has 0 aliphatic carbocycles. The van der Waals surface area contributed by atoms with Crippen LogP contribution in [0.3, 0.4) is 0 Å². The predicted octanol–water partition coefficient (Wildman–Crippen LogP) is 4.96. The maximum Gasteiger partial charge on any atom is 0.164 e. The van der Waals surface area contributed by atoms with E-state index in [2.05, 4.69) is 41.2 Å². The van der Waals surface area contributed by atoms with Gasteiger partial charge in [-0.1, -0.05) is 31.2 Å². The lowest BCUT2D eigenvalue weighted by Gasteiger charge is -2.08. The SMILES string of the molecule is CCOc1ccc(-n2cnc3cc(OCc4ccc(CC)cc4)cnc32)cc1. The molecule has 2 aromatic heterocycles. The summed E-state index contributed by atoms with van der Waals surface area (Å²) in [4.78, 5) is 9.04. The Morgan fingerprint density at radius 2 is 1.57 bits per heavy atom. The standard InChI is InChI=1S/C23H23N3O2/c1-3-17-5-7-18(8-6-17)15-28-21-13-22-23(24-14-21)26(16-25-22)19-9-11-20(12-10-19)27-4-2/h5-14,16H,3-4,15H2,1-2H3. The normalized spacial score (nSPS) is 10.9. The number of pyridine rings is 1. The van der Waals surface area contributed by atoms with E-state index >= 15 is 0 Å². The van der Waals surface area contributed by atoms with Crippen LogP contribution in [0.5, 0.6) is 11.5 Å². The second-order valence-electron chi connectivity index (χ2n) is 6.51. The molecular weight excluding hydrogens is 350 g/mol. The van der Waals surface area contributed by atoms with Crippen molar-refractivity contribution in [3.63, 3.8) is 0 Å². The molecule has 0 saturated carbocycles. The van der Waals surface area contributed by atoms with Crippen molar-refractivity contribution in [1.82, 2.24) is 14.5 Å². The first-order chi connectivity index (χ1) is 13.8. The largest absolute Gasteiger partial charge is 0.494 e. The van der Waals surface area contributed by atoms with E-state index in [1.54, 1.807) is 12.5 Å². The first-order valence-electron chi connectivity index (χ1n) is 9.53. The van der Waals surface area contributed by atoms with Gasteiger partial charge in [0.25, 0.3) is 0 Å². The summed E-state index contributed by atoms with van der Waals surface area (Å²) in [5.41, 5.74) is 5.04. The summed E-state index contributed by atoms with van der Waals surface area (Å²) in [7, 11) is 0. The van der Waals surface area contributed by atoms with E-state index in [0.29, 0.717) is 19.0 Å².